The fourth-order valence-electron chi connectivity index (χ4n) is 0.848. The molecule has 0 aromatic carbocycles. The number of nitrogen functional groups attached to an aromatic ring is 1. The minimum absolute atomic E-state index is 0.306. The first-order valence-electron chi connectivity index (χ1n) is 3.63. The van der Waals surface area contributed by atoms with E-state index in [2.05, 4.69) is 25.5 Å². The van der Waals surface area contributed by atoms with E-state index in [-0.39, 0.29) is 0 Å². The summed E-state index contributed by atoms with van der Waals surface area (Å²) in [6, 6.07) is 0. The van der Waals surface area contributed by atoms with Gasteiger partial charge in [0.2, 0.25) is 11.9 Å². The van der Waals surface area contributed by atoms with Gasteiger partial charge in [0.15, 0.2) is 0 Å². The summed E-state index contributed by atoms with van der Waals surface area (Å²) >= 11 is 1.56. The van der Waals surface area contributed by atoms with Crippen LogP contribution in [0.1, 0.15) is 5.69 Å². The molecule has 0 aliphatic heterocycles. The molecule has 0 fully saturated rings. The Labute approximate surface area is 78.2 Å². The van der Waals surface area contributed by atoms with E-state index in [1.54, 1.807) is 16.8 Å². The molecule has 6 nitrogen and oxygen atoms in total. The smallest absolute Gasteiger partial charge is 0.243 e. The Morgan fingerprint density at radius 3 is 3.15 bits per heavy atom. The average Bonchev–Trinajstić information content (AvgIpc) is 2.71. The molecule has 0 amide bonds. The lowest BCUT2D eigenvalue weighted by Crippen LogP contribution is -2.01. The molecule has 0 radical (unpaired) electrons. The van der Waals surface area contributed by atoms with Gasteiger partial charge in [-0.25, -0.2) is 10.1 Å². The third kappa shape index (κ3) is 1.94. The number of nitrogens with zero attached hydrogens (tertiary/aromatic N) is 3. The average molecular weight is 196 g/mol. The van der Waals surface area contributed by atoms with Crippen LogP contribution in [-0.2, 0) is 6.54 Å². The zero-order valence-electron chi connectivity index (χ0n) is 6.69. The summed E-state index contributed by atoms with van der Waals surface area (Å²) in [6.45, 7) is 0.612. The van der Waals surface area contributed by atoms with Crippen molar-refractivity contribution in [2.45, 2.75) is 6.54 Å². The minimum atomic E-state index is 0.306. The van der Waals surface area contributed by atoms with E-state index in [1.165, 1.54) is 0 Å². The van der Waals surface area contributed by atoms with Crippen LogP contribution in [0.25, 0.3) is 0 Å². The van der Waals surface area contributed by atoms with Crippen LogP contribution in [0.4, 0.5) is 11.9 Å². The zero-order valence-corrected chi connectivity index (χ0v) is 7.51. The van der Waals surface area contributed by atoms with Crippen molar-refractivity contribution in [1.82, 2.24) is 20.2 Å². The zero-order chi connectivity index (χ0) is 9.10. The van der Waals surface area contributed by atoms with Crippen LogP contribution in [0.2, 0.25) is 0 Å². The summed E-state index contributed by atoms with van der Waals surface area (Å²) in [5.41, 5.74) is 8.09. The summed E-state index contributed by atoms with van der Waals surface area (Å²) in [7, 11) is 0. The Hall–Kier alpha value is -1.63. The van der Waals surface area contributed by atoms with Gasteiger partial charge in [0.25, 0.3) is 0 Å². The number of nitrogens with two attached hydrogens (primary N) is 1. The van der Waals surface area contributed by atoms with E-state index in [0.717, 1.165) is 5.69 Å². The maximum Gasteiger partial charge on any atom is 0.243 e. The lowest BCUT2D eigenvalue weighted by Gasteiger charge is -1.95. The molecule has 0 saturated carbocycles. The van der Waals surface area contributed by atoms with Crippen LogP contribution in [0.15, 0.2) is 10.9 Å². The standard InChI is InChI=1S/C6H8N6S/c7-5-10-6(12-11-5)8-1-4-2-13-3-9-4/h2-3H,1H2,(H4,7,8,10,11,12). The van der Waals surface area contributed by atoms with Crippen LogP contribution in [0.5, 0.6) is 0 Å². The third-order valence-corrected chi connectivity index (χ3v) is 2.05. The summed E-state index contributed by atoms with van der Waals surface area (Å²) in [6.07, 6.45) is 0. The number of rotatable bonds is 3. The molecule has 0 aliphatic rings. The molecule has 0 saturated heterocycles. The lowest BCUT2D eigenvalue weighted by molar-refractivity contribution is 1.02. The monoisotopic (exact) mass is 196 g/mol. The predicted molar refractivity (Wildman–Crippen MR) is 50.2 cm³/mol. The van der Waals surface area contributed by atoms with Crippen molar-refractivity contribution in [3.8, 4) is 0 Å². The SMILES string of the molecule is Nc1nc(NCc2cscn2)n[nH]1. The number of aromatic nitrogens is 4. The molecular weight excluding hydrogens is 188 g/mol. The van der Waals surface area contributed by atoms with Crippen molar-refractivity contribution in [2.75, 3.05) is 11.1 Å². The van der Waals surface area contributed by atoms with Crippen LogP contribution in [0.3, 0.4) is 0 Å². The molecule has 2 rings (SSSR count). The number of aromatic amines is 1. The van der Waals surface area contributed by atoms with Crippen LogP contribution in [-0.4, -0.2) is 20.2 Å². The Morgan fingerprint density at radius 1 is 1.62 bits per heavy atom. The van der Waals surface area contributed by atoms with Crippen LogP contribution in [0, 0.1) is 0 Å². The van der Waals surface area contributed by atoms with Gasteiger partial charge in [-0.2, -0.15) is 4.98 Å². The molecule has 0 unspecified atom stereocenters. The van der Waals surface area contributed by atoms with E-state index in [0.29, 0.717) is 18.4 Å². The maximum atomic E-state index is 5.34. The number of hydrogen-bond donors (Lipinski definition) is 3. The van der Waals surface area contributed by atoms with Gasteiger partial charge >= 0.3 is 0 Å². The van der Waals surface area contributed by atoms with Crippen molar-refractivity contribution in [1.29, 1.82) is 0 Å². The molecule has 13 heavy (non-hydrogen) atoms. The number of anilines is 2. The second kappa shape index (κ2) is 3.40. The second-order valence-corrected chi connectivity index (χ2v) is 3.10. The first-order valence-corrected chi connectivity index (χ1v) is 4.57. The highest BCUT2D eigenvalue weighted by atomic mass is 32.1. The highest BCUT2D eigenvalue weighted by Crippen LogP contribution is 2.04. The van der Waals surface area contributed by atoms with Gasteiger partial charge in [0.1, 0.15) is 0 Å². The molecule has 2 aromatic heterocycles. The molecule has 68 valence electrons. The van der Waals surface area contributed by atoms with Crippen molar-refractivity contribution < 1.29 is 0 Å². The number of hydrogen-bond acceptors (Lipinski definition) is 6. The fraction of sp³-hybridized carbons (Fsp3) is 0.167. The third-order valence-electron chi connectivity index (χ3n) is 1.41. The molecule has 0 bridgehead atoms. The fourth-order valence-corrected chi connectivity index (χ4v) is 1.41. The topological polar surface area (TPSA) is 92.5 Å². The van der Waals surface area contributed by atoms with Gasteiger partial charge < -0.3 is 11.1 Å². The summed E-state index contributed by atoms with van der Waals surface area (Å²) < 4.78 is 0. The number of H-pyrrole nitrogens is 1. The maximum absolute atomic E-state index is 5.34. The Balaban J connectivity index is 1.93. The van der Waals surface area contributed by atoms with E-state index < -0.39 is 0 Å². The summed E-state index contributed by atoms with van der Waals surface area (Å²) in [5, 5.41) is 11.3. The van der Waals surface area contributed by atoms with Gasteiger partial charge in [0.05, 0.1) is 17.7 Å². The van der Waals surface area contributed by atoms with E-state index in [1.807, 2.05) is 5.38 Å². The van der Waals surface area contributed by atoms with Crippen LogP contribution < -0.4 is 11.1 Å². The van der Waals surface area contributed by atoms with Crippen molar-refractivity contribution in [3.05, 3.63) is 16.6 Å². The van der Waals surface area contributed by atoms with Gasteiger partial charge in [-0.3, -0.25) is 0 Å². The van der Waals surface area contributed by atoms with Crippen molar-refractivity contribution >= 4 is 23.2 Å². The van der Waals surface area contributed by atoms with Crippen molar-refractivity contribution in [2.24, 2.45) is 0 Å². The molecule has 4 N–H and O–H groups in total. The summed E-state index contributed by atoms with van der Waals surface area (Å²) in [4.78, 5) is 7.98. The molecule has 0 spiro atoms. The first kappa shape index (κ1) is 7.99. The second-order valence-electron chi connectivity index (χ2n) is 2.38. The Kier molecular flexibility index (Phi) is 2.09. The first-order chi connectivity index (χ1) is 6.34. The minimum Gasteiger partial charge on any atom is -0.368 e. The van der Waals surface area contributed by atoms with E-state index >= 15 is 0 Å². The van der Waals surface area contributed by atoms with Gasteiger partial charge in [0, 0.05) is 5.38 Å². The Bertz CT molecular complexity index is 366. The van der Waals surface area contributed by atoms with Gasteiger partial charge in [-0.05, 0) is 0 Å². The normalized spacial score (nSPS) is 10.2. The van der Waals surface area contributed by atoms with Crippen LogP contribution >= 0.6 is 11.3 Å². The Morgan fingerprint density at radius 2 is 2.54 bits per heavy atom. The molecule has 0 aliphatic carbocycles. The largest absolute Gasteiger partial charge is 0.368 e. The quantitative estimate of drug-likeness (QED) is 0.663. The molecule has 2 heterocycles. The number of thiazole rings is 1. The highest BCUT2D eigenvalue weighted by Gasteiger charge is 1.99. The van der Waals surface area contributed by atoms with Gasteiger partial charge in [-0.1, -0.05) is 0 Å². The molecule has 2 aromatic rings. The van der Waals surface area contributed by atoms with Gasteiger partial charge in [-0.15, -0.1) is 16.4 Å². The highest BCUT2D eigenvalue weighted by molar-refractivity contribution is 7.07. The van der Waals surface area contributed by atoms with E-state index in [9.17, 15) is 0 Å². The van der Waals surface area contributed by atoms with E-state index in [4.69, 9.17) is 5.73 Å². The summed E-state index contributed by atoms with van der Waals surface area (Å²) in [5.74, 6) is 0.797. The molecule has 0 atom stereocenters. The van der Waals surface area contributed by atoms with Crippen molar-refractivity contribution in [3.63, 3.8) is 0 Å². The number of nitrogens with one attached hydrogen (secondary N) is 2. The molecule has 7 heteroatoms. The molecular formula is C6H8N6S. The lowest BCUT2D eigenvalue weighted by atomic mass is 10.5. The predicted octanol–water partition coefficient (Wildman–Crippen LogP) is 0.455.